The van der Waals surface area contributed by atoms with Gasteiger partial charge in [-0.3, -0.25) is 0 Å². The van der Waals surface area contributed by atoms with E-state index in [0.717, 1.165) is 6.26 Å². The maximum Gasteiger partial charge on any atom is 0.343 e. The van der Waals surface area contributed by atoms with Gasteiger partial charge in [0.2, 0.25) is 5.95 Å². The summed E-state index contributed by atoms with van der Waals surface area (Å²) < 4.78 is 27.9. The van der Waals surface area contributed by atoms with Crippen LogP contribution in [-0.2, 0) is 14.6 Å². The van der Waals surface area contributed by atoms with Crippen LogP contribution < -0.4 is 11.1 Å². The van der Waals surface area contributed by atoms with E-state index in [9.17, 15) is 13.2 Å². The summed E-state index contributed by atoms with van der Waals surface area (Å²) in [7, 11) is -3.41. The molecule has 0 saturated carbocycles. The topological polar surface area (TPSA) is 124 Å². The third kappa shape index (κ3) is 4.12. The number of nitrogen functional groups attached to an aromatic ring is 1. The van der Waals surface area contributed by atoms with Crippen molar-refractivity contribution in [1.82, 2.24) is 9.97 Å². The molecule has 24 heavy (non-hydrogen) atoms. The molecule has 0 bridgehead atoms. The smallest absolute Gasteiger partial charge is 0.343 e. The SMILES string of the molecule is CCOC(=O)c1cnc(Nc2ccc(S(C)(=O)=O)c(Cl)c2)nc1N. The molecule has 8 nitrogen and oxygen atoms in total. The molecule has 2 rings (SSSR count). The van der Waals surface area contributed by atoms with Crippen molar-refractivity contribution in [2.45, 2.75) is 11.8 Å². The Morgan fingerprint density at radius 1 is 1.42 bits per heavy atom. The highest BCUT2D eigenvalue weighted by molar-refractivity contribution is 7.90. The first kappa shape index (κ1) is 18.0. The Morgan fingerprint density at radius 2 is 2.12 bits per heavy atom. The van der Waals surface area contributed by atoms with Crippen molar-refractivity contribution < 1.29 is 17.9 Å². The molecule has 3 N–H and O–H groups in total. The predicted octanol–water partition coefficient (Wildman–Crippen LogP) is 2.04. The molecule has 0 aliphatic heterocycles. The number of carbonyl (C=O) groups is 1. The number of ether oxygens (including phenoxy) is 1. The van der Waals surface area contributed by atoms with Crippen LogP contribution in [0.4, 0.5) is 17.5 Å². The van der Waals surface area contributed by atoms with Gasteiger partial charge in [-0.2, -0.15) is 4.98 Å². The highest BCUT2D eigenvalue weighted by Gasteiger charge is 2.15. The third-order valence-electron chi connectivity index (χ3n) is 2.90. The van der Waals surface area contributed by atoms with Gasteiger partial charge in [0.15, 0.2) is 9.84 Å². The normalized spacial score (nSPS) is 11.1. The first-order valence-electron chi connectivity index (χ1n) is 6.78. The molecule has 0 spiro atoms. The van der Waals surface area contributed by atoms with Crippen LogP contribution in [0.15, 0.2) is 29.3 Å². The van der Waals surface area contributed by atoms with Crippen LogP contribution in [0.25, 0.3) is 0 Å². The Hall–Kier alpha value is -2.39. The summed E-state index contributed by atoms with van der Waals surface area (Å²) in [5, 5.41) is 2.90. The number of nitrogens with zero attached hydrogens (tertiary/aromatic N) is 2. The highest BCUT2D eigenvalue weighted by atomic mass is 35.5. The Morgan fingerprint density at radius 3 is 2.67 bits per heavy atom. The van der Waals surface area contributed by atoms with Crippen molar-refractivity contribution in [1.29, 1.82) is 0 Å². The molecule has 2 aromatic rings. The molecule has 0 radical (unpaired) electrons. The maximum atomic E-state index is 11.6. The largest absolute Gasteiger partial charge is 0.462 e. The molecule has 128 valence electrons. The lowest BCUT2D eigenvalue weighted by Gasteiger charge is -2.09. The summed E-state index contributed by atoms with van der Waals surface area (Å²) in [5.41, 5.74) is 6.25. The van der Waals surface area contributed by atoms with Crippen molar-refractivity contribution in [3.05, 3.63) is 35.0 Å². The molecule has 0 aliphatic rings. The Balaban J connectivity index is 2.24. The fourth-order valence-electron chi connectivity index (χ4n) is 1.83. The van der Waals surface area contributed by atoms with Gasteiger partial charge in [0.25, 0.3) is 0 Å². The van der Waals surface area contributed by atoms with Crippen LogP contribution >= 0.6 is 11.6 Å². The summed E-state index contributed by atoms with van der Waals surface area (Å²) in [5.74, 6) is -0.518. The molecule has 10 heteroatoms. The van der Waals surface area contributed by atoms with Crippen LogP contribution in [-0.4, -0.2) is 37.2 Å². The van der Waals surface area contributed by atoms with Gasteiger partial charge < -0.3 is 15.8 Å². The molecule has 1 aromatic heterocycles. The molecule has 0 amide bonds. The number of sulfone groups is 1. The minimum Gasteiger partial charge on any atom is -0.462 e. The second kappa shape index (κ2) is 7.02. The van der Waals surface area contributed by atoms with Crippen molar-refractivity contribution in [2.24, 2.45) is 0 Å². The second-order valence-corrected chi connectivity index (χ2v) is 7.15. The lowest BCUT2D eigenvalue weighted by molar-refractivity contribution is 0.0527. The number of nitrogens with two attached hydrogens (primary N) is 1. The Kier molecular flexibility index (Phi) is 5.25. The number of hydrogen-bond acceptors (Lipinski definition) is 8. The van der Waals surface area contributed by atoms with E-state index in [1.54, 1.807) is 6.92 Å². The number of carbonyl (C=O) groups excluding carboxylic acids is 1. The number of anilines is 3. The minimum atomic E-state index is -3.41. The number of hydrogen-bond donors (Lipinski definition) is 2. The zero-order valence-corrected chi connectivity index (χ0v) is 14.5. The van der Waals surface area contributed by atoms with Crippen molar-refractivity contribution in [2.75, 3.05) is 23.9 Å². The molecule has 0 saturated heterocycles. The van der Waals surface area contributed by atoms with E-state index in [1.165, 1.54) is 24.4 Å². The molecule has 1 heterocycles. The third-order valence-corrected chi connectivity index (χ3v) is 4.48. The number of aromatic nitrogens is 2. The van der Waals surface area contributed by atoms with E-state index in [1.807, 2.05) is 0 Å². The highest BCUT2D eigenvalue weighted by Crippen LogP contribution is 2.26. The van der Waals surface area contributed by atoms with Gasteiger partial charge in [-0.15, -0.1) is 0 Å². The molecule has 0 aliphatic carbocycles. The quantitative estimate of drug-likeness (QED) is 0.766. The summed E-state index contributed by atoms with van der Waals surface area (Å²) in [6.45, 7) is 1.89. The van der Waals surface area contributed by atoms with Gasteiger partial charge in [-0.05, 0) is 25.1 Å². The number of nitrogens with one attached hydrogen (secondary N) is 1. The van der Waals surface area contributed by atoms with Crippen molar-refractivity contribution in [3.63, 3.8) is 0 Å². The van der Waals surface area contributed by atoms with Crippen LogP contribution in [0.1, 0.15) is 17.3 Å². The average molecular weight is 371 g/mol. The van der Waals surface area contributed by atoms with Crippen LogP contribution in [0.5, 0.6) is 0 Å². The van der Waals surface area contributed by atoms with Crippen LogP contribution in [0, 0.1) is 0 Å². The Bertz CT molecular complexity index is 886. The summed E-state index contributed by atoms with van der Waals surface area (Å²) in [6, 6.07) is 4.31. The number of halogens is 1. The van der Waals surface area contributed by atoms with E-state index >= 15 is 0 Å². The first-order valence-corrected chi connectivity index (χ1v) is 9.05. The number of benzene rings is 1. The number of rotatable bonds is 5. The van der Waals surface area contributed by atoms with Crippen LogP contribution in [0.2, 0.25) is 5.02 Å². The molecule has 0 fully saturated rings. The molecular formula is C14H15ClN4O4S. The predicted molar refractivity (Wildman–Crippen MR) is 90.2 cm³/mol. The monoisotopic (exact) mass is 370 g/mol. The van der Waals surface area contributed by atoms with E-state index in [-0.39, 0.29) is 33.9 Å². The van der Waals surface area contributed by atoms with Gasteiger partial charge >= 0.3 is 5.97 Å². The van der Waals surface area contributed by atoms with Crippen molar-refractivity contribution in [3.8, 4) is 0 Å². The van der Waals surface area contributed by atoms with Gasteiger partial charge in [0.1, 0.15) is 11.4 Å². The van der Waals surface area contributed by atoms with Gasteiger partial charge in [0, 0.05) is 18.1 Å². The lowest BCUT2D eigenvalue weighted by atomic mass is 10.3. The minimum absolute atomic E-state index is 0.0211. The van der Waals surface area contributed by atoms with E-state index in [4.69, 9.17) is 22.1 Å². The molecular weight excluding hydrogens is 356 g/mol. The maximum absolute atomic E-state index is 11.6. The fraction of sp³-hybridized carbons (Fsp3) is 0.214. The van der Waals surface area contributed by atoms with Crippen molar-refractivity contribution >= 4 is 44.9 Å². The summed E-state index contributed by atoms with van der Waals surface area (Å²) in [6.07, 6.45) is 2.31. The molecule has 0 atom stereocenters. The average Bonchev–Trinajstić information content (AvgIpc) is 2.46. The fourth-order valence-corrected chi connectivity index (χ4v) is 3.16. The molecule has 0 unspecified atom stereocenters. The lowest BCUT2D eigenvalue weighted by Crippen LogP contribution is -2.11. The summed E-state index contributed by atoms with van der Waals surface area (Å²) in [4.78, 5) is 19.6. The van der Waals surface area contributed by atoms with E-state index < -0.39 is 15.8 Å². The van der Waals surface area contributed by atoms with E-state index in [2.05, 4.69) is 15.3 Å². The molecule has 1 aromatic carbocycles. The zero-order valence-electron chi connectivity index (χ0n) is 12.9. The van der Waals surface area contributed by atoms with E-state index in [0.29, 0.717) is 5.69 Å². The van der Waals surface area contributed by atoms with Gasteiger partial charge in [0.05, 0.1) is 16.5 Å². The Labute approximate surface area is 143 Å². The standard InChI is InChI=1S/C14H15ClN4O4S/c1-3-23-13(20)9-7-17-14(19-12(9)16)18-8-4-5-11(10(15)6-8)24(2,21)22/h4-7H,3H2,1-2H3,(H3,16,17,18,19). The summed E-state index contributed by atoms with van der Waals surface area (Å²) >= 11 is 5.97. The first-order chi connectivity index (χ1) is 11.2. The van der Waals surface area contributed by atoms with Gasteiger partial charge in [-0.1, -0.05) is 11.6 Å². The van der Waals surface area contributed by atoms with Gasteiger partial charge in [-0.25, -0.2) is 18.2 Å². The second-order valence-electron chi connectivity index (χ2n) is 4.76. The van der Waals surface area contributed by atoms with Crippen LogP contribution in [0.3, 0.4) is 0 Å². The number of esters is 1. The zero-order chi connectivity index (χ0) is 17.9.